The standard InChI is InChI=1S/C10H11ClF2NOP/c1-2-9(15)14-8-4-3-6(5-7(8)11)10(12,13)16/h3-5H,2,16H2,1H3,(H,14,15). The van der Waals surface area contributed by atoms with Crippen molar-refractivity contribution in [3.63, 3.8) is 0 Å². The summed E-state index contributed by atoms with van der Waals surface area (Å²) in [7, 11) is 1.43. The van der Waals surface area contributed by atoms with E-state index in [4.69, 9.17) is 11.6 Å². The van der Waals surface area contributed by atoms with E-state index in [1.807, 2.05) is 0 Å². The Kier molecular flexibility index (Phi) is 4.22. The van der Waals surface area contributed by atoms with Gasteiger partial charge in [-0.05, 0) is 12.1 Å². The molecule has 0 fully saturated rings. The van der Waals surface area contributed by atoms with Gasteiger partial charge in [0.1, 0.15) is 0 Å². The number of carbonyl (C=O) groups is 1. The van der Waals surface area contributed by atoms with E-state index in [9.17, 15) is 13.6 Å². The van der Waals surface area contributed by atoms with Crippen molar-refractivity contribution < 1.29 is 13.6 Å². The van der Waals surface area contributed by atoms with Crippen LogP contribution >= 0.6 is 20.8 Å². The number of carbonyl (C=O) groups excluding carboxylic acids is 1. The van der Waals surface area contributed by atoms with Crippen LogP contribution in [0.25, 0.3) is 0 Å². The van der Waals surface area contributed by atoms with Crippen LogP contribution in [0.2, 0.25) is 5.02 Å². The highest BCUT2D eigenvalue weighted by atomic mass is 35.5. The minimum atomic E-state index is -3.02. The minimum Gasteiger partial charge on any atom is -0.325 e. The first-order valence-corrected chi connectivity index (χ1v) is 5.56. The number of benzene rings is 1. The van der Waals surface area contributed by atoms with Crippen LogP contribution in [0.1, 0.15) is 18.9 Å². The van der Waals surface area contributed by atoms with Gasteiger partial charge in [0.25, 0.3) is 5.66 Å². The van der Waals surface area contributed by atoms with Gasteiger partial charge in [0, 0.05) is 12.0 Å². The molecule has 1 aromatic rings. The molecule has 0 radical (unpaired) electrons. The van der Waals surface area contributed by atoms with Crippen molar-refractivity contribution in [2.75, 3.05) is 5.32 Å². The van der Waals surface area contributed by atoms with Crippen LogP contribution in [0.3, 0.4) is 0 Å². The quantitative estimate of drug-likeness (QED) is 0.831. The molecule has 0 saturated heterocycles. The van der Waals surface area contributed by atoms with Crippen molar-refractivity contribution in [3.8, 4) is 0 Å². The average molecular weight is 266 g/mol. The lowest BCUT2D eigenvalue weighted by molar-refractivity contribution is -0.115. The molecule has 88 valence electrons. The molecule has 0 heterocycles. The Bertz CT molecular complexity index is 406. The van der Waals surface area contributed by atoms with E-state index in [1.54, 1.807) is 6.92 Å². The Balaban J connectivity index is 2.96. The smallest absolute Gasteiger partial charge is 0.283 e. The van der Waals surface area contributed by atoms with E-state index in [0.29, 0.717) is 12.1 Å². The lowest BCUT2D eigenvalue weighted by Crippen LogP contribution is -2.10. The molecule has 0 spiro atoms. The second-order valence-electron chi connectivity index (χ2n) is 3.22. The minimum absolute atomic E-state index is 0.0985. The zero-order valence-corrected chi connectivity index (χ0v) is 10.5. The Labute approximate surface area is 99.6 Å². The lowest BCUT2D eigenvalue weighted by Gasteiger charge is -2.12. The van der Waals surface area contributed by atoms with Gasteiger partial charge in [0.05, 0.1) is 10.7 Å². The molecule has 2 nitrogen and oxygen atoms in total. The highest BCUT2D eigenvalue weighted by Crippen LogP contribution is 2.37. The maximum absolute atomic E-state index is 12.9. The van der Waals surface area contributed by atoms with Crippen molar-refractivity contribution in [2.45, 2.75) is 19.0 Å². The number of alkyl halides is 2. The molecule has 1 unspecified atom stereocenters. The largest absolute Gasteiger partial charge is 0.325 e. The first-order chi connectivity index (χ1) is 7.34. The monoisotopic (exact) mass is 265 g/mol. The molecule has 0 saturated carbocycles. The normalized spacial score (nSPS) is 11.3. The zero-order chi connectivity index (χ0) is 12.3. The van der Waals surface area contributed by atoms with Crippen LogP contribution in [0, 0.1) is 0 Å². The SMILES string of the molecule is CCC(=O)Nc1ccc(C(F)(F)P)cc1Cl. The van der Waals surface area contributed by atoms with Crippen LogP contribution in [0.5, 0.6) is 0 Å². The number of nitrogens with one attached hydrogen (secondary N) is 1. The highest BCUT2D eigenvalue weighted by molar-refractivity contribution is 7.17. The fourth-order valence-corrected chi connectivity index (χ4v) is 1.47. The lowest BCUT2D eigenvalue weighted by atomic mass is 10.2. The first-order valence-electron chi connectivity index (χ1n) is 4.61. The predicted octanol–water partition coefficient (Wildman–Crippen LogP) is 3.61. The number of hydrogen-bond donors (Lipinski definition) is 1. The summed E-state index contributed by atoms with van der Waals surface area (Å²) in [5.74, 6) is -0.215. The molecular formula is C10H11ClF2NOP. The van der Waals surface area contributed by atoms with E-state index in [-0.39, 0.29) is 16.5 Å². The molecule has 6 heteroatoms. The summed E-state index contributed by atoms with van der Waals surface area (Å²) in [5.41, 5.74) is -2.89. The molecule has 1 N–H and O–H groups in total. The molecule has 1 amide bonds. The first kappa shape index (κ1) is 13.3. The topological polar surface area (TPSA) is 29.1 Å². The second kappa shape index (κ2) is 5.07. The third-order valence-electron chi connectivity index (χ3n) is 1.95. The molecule has 0 bridgehead atoms. The van der Waals surface area contributed by atoms with E-state index in [1.165, 1.54) is 21.4 Å². The molecule has 0 aromatic heterocycles. The van der Waals surface area contributed by atoms with Gasteiger partial charge in [-0.15, -0.1) is 0 Å². The maximum atomic E-state index is 12.9. The third kappa shape index (κ3) is 3.39. The molecule has 1 aromatic carbocycles. The van der Waals surface area contributed by atoms with Crippen molar-refractivity contribution >= 4 is 32.4 Å². The summed E-state index contributed by atoms with van der Waals surface area (Å²) in [5, 5.41) is 2.61. The fourth-order valence-electron chi connectivity index (χ4n) is 1.06. The average Bonchev–Trinajstić information content (AvgIpc) is 2.19. The Hall–Kier alpha value is -0.730. The summed E-state index contributed by atoms with van der Waals surface area (Å²) in [6, 6.07) is 3.73. The van der Waals surface area contributed by atoms with E-state index in [0.717, 1.165) is 6.07 Å². The van der Waals surface area contributed by atoms with Crippen LogP contribution < -0.4 is 5.32 Å². The van der Waals surface area contributed by atoms with Crippen LogP contribution in [0.4, 0.5) is 14.5 Å². The number of amides is 1. The third-order valence-corrected chi connectivity index (χ3v) is 2.60. The summed E-state index contributed by atoms with van der Waals surface area (Å²) < 4.78 is 25.8. The van der Waals surface area contributed by atoms with E-state index >= 15 is 0 Å². The number of anilines is 1. The van der Waals surface area contributed by atoms with Crippen LogP contribution in [0.15, 0.2) is 18.2 Å². The van der Waals surface area contributed by atoms with Crippen molar-refractivity contribution in [1.82, 2.24) is 0 Å². The van der Waals surface area contributed by atoms with Gasteiger partial charge in [-0.3, -0.25) is 4.79 Å². The molecule has 1 atom stereocenters. The van der Waals surface area contributed by atoms with Crippen LogP contribution in [-0.2, 0) is 10.5 Å². The van der Waals surface area contributed by atoms with E-state index < -0.39 is 5.66 Å². The van der Waals surface area contributed by atoms with Gasteiger partial charge in [0.2, 0.25) is 5.91 Å². The van der Waals surface area contributed by atoms with Crippen LogP contribution in [-0.4, -0.2) is 5.91 Å². The molecule has 0 aliphatic rings. The van der Waals surface area contributed by atoms with Gasteiger partial charge in [-0.1, -0.05) is 33.8 Å². The van der Waals surface area contributed by atoms with Gasteiger partial charge < -0.3 is 5.32 Å². The number of rotatable bonds is 3. The predicted molar refractivity (Wildman–Crippen MR) is 64.0 cm³/mol. The summed E-state index contributed by atoms with van der Waals surface area (Å²) >= 11 is 5.78. The van der Waals surface area contributed by atoms with Gasteiger partial charge in [-0.2, -0.15) is 8.78 Å². The Morgan fingerprint density at radius 3 is 2.62 bits per heavy atom. The Morgan fingerprint density at radius 1 is 1.56 bits per heavy atom. The van der Waals surface area contributed by atoms with E-state index in [2.05, 4.69) is 5.32 Å². The van der Waals surface area contributed by atoms with Gasteiger partial charge >= 0.3 is 0 Å². The Morgan fingerprint density at radius 2 is 2.19 bits per heavy atom. The highest BCUT2D eigenvalue weighted by Gasteiger charge is 2.25. The summed E-state index contributed by atoms with van der Waals surface area (Å²) in [6.45, 7) is 1.69. The van der Waals surface area contributed by atoms with Crippen molar-refractivity contribution in [2.24, 2.45) is 0 Å². The molecule has 16 heavy (non-hydrogen) atoms. The van der Waals surface area contributed by atoms with Crippen molar-refractivity contribution in [1.29, 1.82) is 0 Å². The second-order valence-corrected chi connectivity index (χ2v) is 4.35. The van der Waals surface area contributed by atoms with Gasteiger partial charge in [0.15, 0.2) is 0 Å². The molecule has 0 aliphatic heterocycles. The van der Waals surface area contributed by atoms with Crippen molar-refractivity contribution in [3.05, 3.63) is 28.8 Å². The number of halogens is 3. The van der Waals surface area contributed by atoms with Gasteiger partial charge in [-0.25, -0.2) is 0 Å². The summed E-state index contributed by atoms with van der Waals surface area (Å²) in [6.07, 6.45) is 0.303. The maximum Gasteiger partial charge on any atom is 0.283 e. The summed E-state index contributed by atoms with van der Waals surface area (Å²) in [4.78, 5) is 11.1. The number of hydrogen-bond acceptors (Lipinski definition) is 1. The zero-order valence-electron chi connectivity index (χ0n) is 8.56. The molecule has 0 aliphatic carbocycles. The molecular weight excluding hydrogens is 255 g/mol. The molecule has 1 rings (SSSR count). The fraction of sp³-hybridized carbons (Fsp3) is 0.300.